The molecule has 0 bridgehead atoms. The molecule has 0 radical (unpaired) electrons. The van der Waals surface area contributed by atoms with Gasteiger partial charge in [-0.15, -0.1) is 0 Å². The molecule has 1 unspecified atom stereocenters. The number of ether oxygens (including phenoxy) is 2. The van der Waals surface area contributed by atoms with Gasteiger partial charge >= 0.3 is 18.1 Å². The number of aliphatic hydroxyl groups excluding tert-OH is 1. The van der Waals surface area contributed by atoms with Crippen LogP contribution in [0.3, 0.4) is 0 Å². The fourth-order valence-electron chi connectivity index (χ4n) is 1.82. The molecule has 1 fully saturated rings. The average Bonchev–Trinajstić information content (AvgIpc) is 2.21. The lowest BCUT2D eigenvalue weighted by molar-refractivity contribution is -0.217. The minimum Gasteiger partial charge on any atom is -0.458 e. The van der Waals surface area contributed by atoms with E-state index in [1.165, 1.54) is 6.92 Å². The van der Waals surface area contributed by atoms with Gasteiger partial charge in [-0.1, -0.05) is 0 Å². The number of halogens is 3. The Bertz CT molecular complexity index is 360. The molecule has 2 N–H and O–H groups in total. The summed E-state index contributed by atoms with van der Waals surface area (Å²) in [5.41, 5.74) is 0. The molecule has 19 heavy (non-hydrogen) atoms. The molecule has 0 aromatic rings. The Morgan fingerprint density at radius 1 is 1.42 bits per heavy atom. The molecular formula is C10H14F3NO5. The third-order valence-corrected chi connectivity index (χ3v) is 2.56. The van der Waals surface area contributed by atoms with E-state index in [4.69, 9.17) is 9.47 Å². The van der Waals surface area contributed by atoms with Crippen molar-refractivity contribution < 1.29 is 37.3 Å². The van der Waals surface area contributed by atoms with Crippen LogP contribution < -0.4 is 5.32 Å². The summed E-state index contributed by atoms with van der Waals surface area (Å²) in [4.78, 5) is 21.8. The van der Waals surface area contributed by atoms with Crippen molar-refractivity contribution in [1.82, 2.24) is 5.32 Å². The highest BCUT2D eigenvalue weighted by Crippen LogP contribution is 2.23. The maximum Gasteiger partial charge on any atom is 0.471 e. The van der Waals surface area contributed by atoms with Crippen molar-refractivity contribution in [3.05, 3.63) is 0 Å². The van der Waals surface area contributed by atoms with Crippen molar-refractivity contribution in [2.45, 2.75) is 51.0 Å². The predicted octanol–water partition coefficient (Wildman–Crippen LogP) is 0.0924. The van der Waals surface area contributed by atoms with E-state index in [2.05, 4.69) is 0 Å². The number of esters is 1. The van der Waals surface area contributed by atoms with Gasteiger partial charge < -0.3 is 19.9 Å². The van der Waals surface area contributed by atoms with Crippen molar-refractivity contribution in [3.63, 3.8) is 0 Å². The van der Waals surface area contributed by atoms with Gasteiger partial charge in [0.1, 0.15) is 6.10 Å². The van der Waals surface area contributed by atoms with Crippen LogP contribution >= 0.6 is 0 Å². The number of hydrogen-bond donors (Lipinski definition) is 2. The Morgan fingerprint density at radius 2 is 2.00 bits per heavy atom. The maximum atomic E-state index is 12.2. The Balaban J connectivity index is 2.79. The second-order valence-corrected chi connectivity index (χ2v) is 4.18. The standard InChI is InChI=1S/C10H14F3NO5/c1-4-8(19-5(2)15)6(3-7(16)18-4)14-9(17)10(11,12)13/h4,6-8,16H,3H2,1-2H3,(H,14,17)/t4-,6-,7?,8-/m0/s1. The van der Waals surface area contributed by atoms with Gasteiger partial charge in [-0.05, 0) is 6.92 Å². The van der Waals surface area contributed by atoms with Gasteiger partial charge in [-0.25, -0.2) is 0 Å². The van der Waals surface area contributed by atoms with Gasteiger partial charge in [0.2, 0.25) is 0 Å². The first-order valence-electron chi connectivity index (χ1n) is 5.49. The average molecular weight is 285 g/mol. The van der Waals surface area contributed by atoms with E-state index in [9.17, 15) is 27.9 Å². The van der Waals surface area contributed by atoms with Crippen LogP contribution in [0.15, 0.2) is 0 Å². The number of carbonyl (C=O) groups excluding carboxylic acids is 2. The summed E-state index contributed by atoms with van der Waals surface area (Å²) in [5, 5.41) is 11.0. The Hall–Kier alpha value is -1.35. The summed E-state index contributed by atoms with van der Waals surface area (Å²) < 4.78 is 46.3. The Morgan fingerprint density at radius 3 is 2.47 bits per heavy atom. The third kappa shape index (κ3) is 4.35. The summed E-state index contributed by atoms with van der Waals surface area (Å²) >= 11 is 0. The van der Waals surface area contributed by atoms with Crippen molar-refractivity contribution in [3.8, 4) is 0 Å². The van der Waals surface area contributed by atoms with Gasteiger partial charge in [0.25, 0.3) is 0 Å². The number of rotatable bonds is 2. The smallest absolute Gasteiger partial charge is 0.458 e. The number of nitrogens with one attached hydrogen (secondary N) is 1. The normalized spacial score (nSPS) is 31.7. The SMILES string of the molecule is CC(=O)O[C@@H]1[C@@H](NC(=O)C(F)(F)F)CC(O)O[C@H]1C. The molecule has 0 spiro atoms. The fraction of sp³-hybridized carbons (Fsp3) is 0.800. The van der Waals surface area contributed by atoms with Crippen molar-refractivity contribution in [2.24, 2.45) is 0 Å². The number of hydrogen-bond acceptors (Lipinski definition) is 5. The van der Waals surface area contributed by atoms with E-state index < -0.39 is 42.6 Å². The molecule has 1 aliphatic rings. The molecule has 0 aliphatic carbocycles. The monoisotopic (exact) mass is 285 g/mol. The van der Waals surface area contributed by atoms with Crippen LogP contribution in [-0.2, 0) is 19.1 Å². The highest BCUT2D eigenvalue weighted by molar-refractivity contribution is 5.82. The first-order valence-corrected chi connectivity index (χ1v) is 5.49. The zero-order chi connectivity index (χ0) is 14.8. The number of amides is 1. The zero-order valence-electron chi connectivity index (χ0n) is 10.2. The number of aliphatic hydroxyl groups is 1. The second kappa shape index (κ2) is 5.74. The summed E-state index contributed by atoms with van der Waals surface area (Å²) in [5.74, 6) is -2.88. The first-order chi connectivity index (χ1) is 8.61. The molecule has 1 saturated heterocycles. The van der Waals surface area contributed by atoms with Gasteiger partial charge in [0.05, 0.1) is 12.1 Å². The molecule has 4 atom stereocenters. The quantitative estimate of drug-likeness (QED) is 0.703. The molecule has 1 heterocycles. The van der Waals surface area contributed by atoms with E-state index in [1.54, 1.807) is 5.32 Å². The van der Waals surface area contributed by atoms with Crippen LogP contribution in [0.4, 0.5) is 13.2 Å². The molecule has 0 aromatic heterocycles. The largest absolute Gasteiger partial charge is 0.471 e. The zero-order valence-corrected chi connectivity index (χ0v) is 10.2. The van der Waals surface area contributed by atoms with Crippen molar-refractivity contribution in [1.29, 1.82) is 0 Å². The van der Waals surface area contributed by atoms with Crippen LogP contribution in [-0.4, -0.2) is 47.7 Å². The highest BCUT2D eigenvalue weighted by atomic mass is 19.4. The maximum absolute atomic E-state index is 12.2. The summed E-state index contributed by atoms with van der Waals surface area (Å²) in [6, 6.07) is -1.17. The van der Waals surface area contributed by atoms with Crippen LogP contribution in [0, 0.1) is 0 Å². The van der Waals surface area contributed by atoms with Crippen LogP contribution in [0.25, 0.3) is 0 Å². The summed E-state index contributed by atoms with van der Waals surface area (Å²) in [6.07, 6.45) is -8.61. The molecule has 0 saturated carbocycles. The first kappa shape index (κ1) is 15.7. The predicted molar refractivity (Wildman–Crippen MR) is 54.7 cm³/mol. The molecule has 1 aliphatic heterocycles. The van der Waals surface area contributed by atoms with Crippen molar-refractivity contribution >= 4 is 11.9 Å². The van der Waals surface area contributed by atoms with E-state index in [-0.39, 0.29) is 6.42 Å². The lowest BCUT2D eigenvalue weighted by Crippen LogP contribution is -2.58. The van der Waals surface area contributed by atoms with Crippen LogP contribution in [0.1, 0.15) is 20.3 Å². The van der Waals surface area contributed by atoms with E-state index in [0.717, 1.165) is 6.92 Å². The summed E-state index contributed by atoms with van der Waals surface area (Å²) in [7, 11) is 0. The van der Waals surface area contributed by atoms with Crippen LogP contribution in [0.5, 0.6) is 0 Å². The third-order valence-electron chi connectivity index (χ3n) is 2.56. The molecule has 0 aromatic carbocycles. The Kier molecular flexibility index (Phi) is 4.75. The van der Waals surface area contributed by atoms with Crippen molar-refractivity contribution in [2.75, 3.05) is 0 Å². The molecule has 1 amide bonds. The summed E-state index contributed by atoms with van der Waals surface area (Å²) in [6.45, 7) is 2.50. The topological polar surface area (TPSA) is 84.9 Å². The molecule has 110 valence electrons. The van der Waals surface area contributed by atoms with Gasteiger partial charge in [-0.3, -0.25) is 9.59 Å². The fourth-order valence-corrected chi connectivity index (χ4v) is 1.82. The van der Waals surface area contributed by atoms with E-state index >= 15 is 0 Å². The van der Waals surface area contributed by atoms with E-state index in [1.807, 2.05) is 0 Å². The second-order valence-electron chi connectivity index (χ2n) is 4.18. The van der Waals surface area contributed by atoms with Gasteiger partial charge in [0.15, 0.2) is 6.29 Å². The lowest BCUT2D eigenvalue weighted by Gasteiger charge is -2.38. The highest BCUT2D eigenvalue weighted by Gasteiger charge is 2.45. The molecule has 9 heteroatoms. The van der Waals surface area contributed by atoms with Gasteiger partial charge in [-0.2, -0.15) is 13.2 Å². The molecule has 6 nitrogen and oxygen atoms in total. The lowest BCUT2D eigenvalue weighted by atomic mass is 9.99. The number of alkyl halides is 3. The Labute approximate surface area is 106 Å². The minimum atomic E-state index is -5.05. The number of carbonyl (C=O) groups is 2. The molecule has 1 rings (SSSR count). The minimum absolute atomic E-state index is 0.301. The van der Waals surface area contributed by atoms with Gasteiger partial charge in [0, 0.05) is 13.3 Å². The molecular weight excluding hydrogens is 271 g/mol. The van der Waals surface area contributed by atoms with Crippen LogP contribution in [0.2, 0.25) is 0 Å². The van der Waals surface area contributed by atoms with E-state index in [0.29, 0.717) is 0 Å².